The zero-order chi connectivity index (χ0) is 15.5. The molecule has 1 aromatic heterocycles. The van der Waals surface area contributed by atoms with E-state index in [9.17, 15) is 18.5 Å². The number of hydrogen-bond acceptors (Lipinski definition) is 6. The smallest absolute Gasteiger partial charge is 0.271 e. The third-order valence-electron chi connectivity index (χ3n) is 2.79. The van der Waals surface area contributed by atoms with Crippen LogP contribution >= 0.6 is 11.3 Å². The maximum absolute atomic E-state index is 11.5. The second-order valence-corrected chi connectivity index (χ2v) is 6.60. The largest absolute Gasteiger partial charge is 0.383 e. The molecule has 1 heterocycles. The van der Waals surface area contributed by atoms with Crippen LogP contribution in [-0.2, 0) is 16.4 Å². The number of rotatable bonds is 6. The van der Waals surface area contributed by atoms with Gasteiger partial charge >= 0.3 is 0 Å². The molecular weight excluding hydrogens is 314 g/mol. The van der Waals surface area contributed by atoms with Crippen molar-refractivity contribution in [3.05, 3.63) is 50.7 Å². The van der Waals surface area contributed by atoms with Crippen LogP contribution in [0.2, 0.25) is 0 Å². The van der Waals surface area contributed by atoms with Crippen LogP contribution in [0.25, 0.3) is 0 Å². The molecule has 0 saturated heterocycles. The van der Waals surface area contributed by atoms with E-state index < -0.39 is 14.9 Å². The summed E-state index contributed by atoms with van der Waals surface area (Å²) in [6.07, 6.45) is 0.677. The molecule has 0 aliphatic carbocycles. The summed E-state index contributed by atoms with van der Waals surface area (Å²) in [4.78, 5) is 10.0. The van der Waals surface area contributed by atoms with Crippen LogP contribution in [0, 0.1) is 10.1 Å². The minimum absolute atomic E-state index is 0.141. The summed E-state index contributed by atoms with van der Waals surface area (Å²) in [6.45, 7) is 0.445. The van der Waals surface area contributed by atoms with Gasteiger partial charge in [0.1, 0.15) is 4.90 Å². The molecule has 0 amide bonds. The average Bonchev–Trinajstić information content (AvgIpc) is 2.90. The number of nitrogens with zero attached hydrogens (tertiary/aromatic N) is 1. The number of hydrogen-bond donors (Lipinski definition) is 2. The van der Waals surface area contributed by atoms with Gasteiger partial charge in [-0.2, -0.15) is 11.3 Å². The monoisotopic (exact) mass is 327 g/mol. The Kier molecular flexibility index (Phi) is 4.56. The zero-order valence-corrected chi connectivity index (χ0v) is 12.5. The molecule has 0 saturated carbocycles. The highest BCUT2D eigenvalue weighted by molar-refractivity contribution is 7.89. The SMILES string of the molecule is NS(=O)(=O)c1ccc([N+](=O)[O-])cc1NCCc1ccsc1. The highest BCUT2D eigenvalue weighted by atomic mass is 32.2. The van der Waals surface area contributed by atoms with Crippen molar-refractivity contribution in [3.8, 4) is 0 Å². The zero-order valence-electron chi connectivity index (χ0n) is 10.9. The number of benzene rings is 1. The summed E-state index contributed by atoms with van der Waals surface area (Å²) in [5.74, 6) is 0. The fraction of sp³-hybridized carbons (Fsp3) is 0.167. The van der Waals surface area contributed by atoms with Gasteiger partial charge in [0.05, 0.1) is 10.6 Å². The van der Waals surface area contributed by atoms with Crippen molar-refractivity contribution in [1.82, 2.24) is 0 Å². The van der Waals surface area contributed by atoms with Crippen LogP contribution in [0.3, 0.4) is 0 Å². The quantitative estimate of drug-likeness (QED) is 0.621. The molecule has 21 heavy (non-hydrogen) atoms. The van der Waals surface area contributed by atoms with Crippen molar-refractivity contribution in [3.63, 3.8) is 0 Å². The molecule has 0 bridgehead atoms. The lowest BCUT2D eigenvalue weighted by atomic mass is 10.2. The van der Waals surface area contributed by atoms with Crippen LogP contribution in [0.1, 0.15) is 5.56 Å². The van der Waals surface area contributed by atoms with E-state index in [-0.39, 0.29) is 16.3 Å². The first-order valence-electron chi connectivity index (χ1n) is 5.94. The fourth-order valence-corrected chi connectivity index (χ4v) is 3.19. The molecule has 2 rings (SSSR count). The second-order valence-electron chi connectivity index (χ2n) is 4.29. The van der Waals surface area contributed by atoms with Gasteiger partial charge in [0.25, 0.3) is 5.69 Å². The Morgan fingerprint density at radius 2 is 2.10 bits per heavy atom. The van der Waals surface area contributed by atoms with Crippen LogP contribution in [0.15, 0.2) is 39.9 Å². The third-order valence-corrected chi connectivity index (χ3v) is 4.49. The first kappa shape index (κ1) is 15.4. The maximum Gasteiger partial charge on any atom is 0.271 e. The molecule has 1 aromatic carbocycles. The van der Waals surface area contributed by atoms with Gasteiger partial charge in [0.15, 0.2) is 0 Å². The van der Waals surface area contributed by atoms with E-state index in [4.69, 9.17) is 5.14 Å². The van der Waals surface area contributed by atoms with Gasteiger partial charge in [-0.1, -0.05) is 0 Å². The number of anilines is 1. The molecule has 9 heteroatoms. The molecule has 112 valence electrons. The van der Waals surface area contributed by atoms with Gasteiger partial charge in [-0.3, -0.25) is 10.1 Å². The molecule has 0 unspecified atom stereocenters. The Hall–Kier alpha value is -1.97. The number of primary sulfonamides is 1. The number of nitro benzene ring substituents is 1. The van der Waals surface area contributed by atoms with E-state index in [2.05, 4.69) is 5.32 Å². The van der Waals surface area contributed by atoms with Crippen molar-refractivity contribution in [1.29, 1.82) is 0 Å². The molecule has 3 N–H and O–H groups in total. The predicted octanol–water partition coefficient (Wildman–Crippen LogP) is 1.96. The van der Waals surface area contributed by atoms with E-state index >= 15 is 0 Å². The Labute approximate surface area is 125 Å². The Balaban J connectivity index is 2.22. The fourth-order valence-electron chi connectivity index (χ4n) is 1.79. The lowest BCUT2D eigenvalue weighted by molar-refractivity contribution is -0.384. The van der Waals surface area contributed by atoms with E-state index in [0.717, 1.165) is 17.7 Å². The van der Waals surface area contributed by atoms with Gasteiger partial charge in [-0.05, 0) is 34.9 Å². The summed E-state index contributed by atoms with van der Waals surface area (Å²) in [5, 5.41) is 22.7. The van der Waals surface area contributed by atoms with Gasteiger partial charge in [0, 0.05) is 18.7 Å². The van der Waals surface area contributed by atoms with Gasteiger partial charge in [-0.25, -0.2) is 13.6 Å². The summed E-state index contributed by atoms with van der Waals surface area (Å²) in [5.41, 5.74) is 1.05. The summed E-state index contributed by atoms with van der Waals surface area (Å²) in [7, 11) is -3.94. The van der Waals surface area contributed by atoms with Gasteiger partial charge in [0.2, 0.25) is 10.0 Å². The maximum atomic E-state index is 11.5. The predicted molar refractivity (Wildman–Crippen MR) is 81.0 cm³/mol. The van der Waals surface area contributed by atoms with E-state index in [1.165, 1.54) is 6.07 Å². The Bertz CT molecular complexity index is 742. The number of thiophene rings is 1. The van der Waals surface area contributed by atoms with Crippen LogP contribution in [-0.4, -0.2) is 19.9 Å². The minimum Gasteiger partial charge on any atom is -0.383 e. The highest BCUT2D eigenvalue weighted by Gasteiger charge is 2.17. The minimum atomic E-state index is -3.94. The van der Waals surface area contributed by atoms with Crippen molar-refractivity contribution in [2.24, 2.45) is 5.14 Å². The molecule has 0 aliphatic heterocycles. The number of nitrogens with one attached hydrogen (secondary N) is 1. The summed E-state index contributed by atoms with van der Waals surface area (Å²) in [6, 6.07) is 5.39. The van der Waals surface area contributed by atoms with E-state index in [0.29, 0.717) is 13.0 Å². The average molecular weight is 327 g/mol. The van der Waals surface area contributed by atoms with Gasteiger partial charge in [-0.15, -0.1) is 0 Å². The molecule has 2 aromatic rings. The van der Waals surface area contributed by atoms with Crippen molar-refractivity contribution >= 4 is 32.7 Å². The number of nitro groups is 1. The highest BCUT2D eigenvalue weighted by Crippen LogP contribution is 2.25. The molecule has 0 fully saturated rings. The molecule has 0 aliphatic rings. The van der Waals surface area contributed by atoms with Crippen molar-refractivity contribution in [2.45, 2.75) is 11.3 Å². The molecule has 0 atom stereocenters. The number of nitrogens with two attached hydrogens (primary N) is 1. The third kappa shape index (κ3) is 4.00. The van der Waals surface area contributed by atoms with Crippen LogP contribution < -0.4 is 10.5 Å². The van der Waals surface area contributed by atoms with Gasteiger partial charge < -0.3 is 5.32 Å². The first-order valence-corrected chi connectivity index (χ1v) is 8.43. The van der Waals surface area contributed by atoms with Crippen molar-refractivity contribution in [2.75, 3.05) is 11.9 Å². The lowest BCUT2D eigenvalue weighted by Crippen LogP contribution is -2.16. The Morgan fingerprint density at radius 3 is 2.67 bits per heavy atom. The van der Waals surface area contributed by atoms with E-state index in [1.807, 2.05) is 16.8 Å². The standard InChI is InChI=1S/C12H13N3O4S2/c13-21(18,19)12-2-1-10(15(16)17)7-11(12)14-5-3-9-4-6-20-8-9/h1-2,4,6-8,14H,3,5H2,(H2,13,18,19). The van der Waals surface area contributed by atoms with Crippen molar-refractivity contribution < 1.29 is 13.3 Å². The topological polar surface area (TPSA) is 115 Å². The normalized spacial score (nSPS) is 11.3. The van der Waals surface area contributed by atoms with Crippen LogP contribution in [0.4, 0.5) is 11.4 Å². The summed E-state index contributed by atoms with van der Waals surface area (Å²) < 4.78 is 23.0. The van der Waals surface area contributed by atoms with Crippen LogP contribution in [0.5, 0.6) is 0 Å². The molecule has 7 nitrogen and oxygen atoms in total. The number of sulfonamides is 1. The second kappa shape index (κ2) is 6.20. The number of non-ortho nitro benzene ring substituents is 1. The Morgan fingerprint density at radius 1 is 1.33 bits per heavy atom. The van der Waals surface area contributed by atoms with E-state index in [1.54, 1.807) is 11.3 Å². The summed E-state index contributed by atoms with van der Waals surface area (Å²) >= 11 is 1.57. The molecule has 0 spiro atoms. The molecule has 0 radical (unpaired) electrons. The first-order chi connectivity index (χ1) is 9.88. The molecular formula is C12H13N3O4S2. The lowest BCUT2D eigenvalue weighted by Gasteiger charge is -2.10.